The van der Waals surface area contributed by atoms with Crippen molar-refractivity contribution in [1.82, 2.24) is 5.32 Å². The van der Waals surface area contributed by atoms with E-state index in [0.29, 0.717) is 6.54 Å². The molecule has 0 aliphatic carbocycles. The maximum atomic E-state index is 12.0. The van der Waals surface area contributed by atoms with Gasteiger partial charge in [-0.15, -0.1) is 0 Å². The van der Waals surface area contributed by atoms with E-state index in [1.165, 1.54) is 6.07 Å². The number of hydrogen-bond acceptors (Lipinski definition) is 3. The number of nitrogens with one attached hydrogen (secondary N) is 1. The van der Waals surface area contributed by atoms with Crippen molar-refractivity contribution in [3.05, 3.63) is 29.8 Å². The van der Waals surface area contributed by atoms with Crippen molar-refractivity contribution in [2.24, 2.45) is 4.99 Å². The van der Waals surface area contributed by atoms with Gasteiger partial charge in [-0.05, 0) is 19.1 Å². The van der Waals surface area contributed by atoms with Crippen LogP contribution in [0.1, 0.15) is 12.5 Å². The summed E-state index contributed by atoms with van der Waals surface area (Å²) in [6, 6.07) is 6.81. The minimum absolute atomic E-state index is 0.150. The lowest BCUT2D eigenvalue weighted by Crippen LogP contribution is -2.27. The summed E-state index contributed by atoms with van der Waals surface area (Å²) in [6.45, 7) is -0.0849. The molecule has 1 unspecified atom stereocenters. The molecule has 0 amide bonds. The number of nitrogens with zero attached hydrogens (tertiary/aromatic N) is 1. The molecule has 0 radical (unpaired) electrons. The quantitative estimate of drug-likeness (QED) is 0.855. The number of amidine groups is 1. The van der Waals surface area contributed by atoms with Crippen molar-refractivity contribution in [3.8, 4) is 5.75 Å². The molecule has 1 aliphatic rings. The van der Waals surface area contributed by atoms with Crippen LogP contribution >= 0.6 is 0 Å². The van der Waals surface area contributed by atoms with Gasteiger partial charge in [0.1, 0.15) is 11.6 Å². The van der Waals surface area contributed by atoms with E-state index in [9.17, 15) is 8.78 Å². The topological polar surface area (TPSA) is 33.6 Å². The fourth-order valence-corrected chi connectivity index (χ4v) is 1.55. The molecule has 1 aliphatic heterocycles. The number of aliphatic imine (C=N–C) groups is 1. The maximum Gasteiger partial charge on any atom is 0.387 e. The standard InChI is InChI=1S/C11H12F2N2O/c1-7-6-14-10(15-7)8-3-2-4-9(5-8)16-11(12)13/h2-5,7,11H,6H2,1H3,(H,14,15). The van der Waals surface area contributed by atoms with Crippen LogP contribution in [-0.4, -0.2) is 25.0 Å². The van der Waals surface area contributed by atoms with Gasteiger partial charge in [-0.1, -0.05) is 12.1 Å². The third-order valence-electron chi connectivity index (χ3n) is 2.24. The summed E-state index contributed by atoms with van der Waals surface area (Å²) in [6.07, 6.45) is 0. The maximum absolute atomic E-state index is 12.0. The Morgan fingerprint density at radius 2 is 2.31 bits per heavy atom. The van der Waals surface area contributed by atoms with Gasteiger partial charge in [0, 0.05) is 11.6 Å². The zero-order valence-corrected chi connectivity index (χ0v) is 8.78. The van der Waals surface area contributed by atoms with Gasteiger partial charge in [-0.25, -0.2) is 0 Å². The smallest absolute Gasteiger partial charge is 0.387 e. The van der Waals surface area contributed by atoms with Gasteiger partial charge < -0.3 is 10.1 Å². The second-order valence-corrected chi connectivity index (χ2v) is 3.64. The minimum Gasteiger partial charge on any atom is -0.435 e. The number of halogens is 2. The Bertz CT molecular complexity index is 407. The Labute approximate surface area is 92.1 Å². The lowest BCUT2D eigenvalue weighted by Gasteiger charge is -2.08. The first kappa shape index (κ1) is 10.9. The molecule has 0 bridgehead atoms. The molecule has 0 fully saturated rings. The van der Waals surface area contributed by atoms with Crippen LogP contribution in [0, 0.1) is 0 Å². The van der Waals surface area contributed by atoms with E-state index < -0.39 is 6.61 Å². The molecule has 5 heteroatoms. The predicted octanol–water partition coefficient (Wildman–Crippen LogP) is 2.03. The molecule has 3 nitrogen and oxygen atoms in total. The fourth-order valence-electron chi connectivity index (χ4n) is 1.55. The molecule has 1 aromatic carbocycles. The Morgan fingerprint density at radius 3 is 2.94 bits per heavy atom. The zero-order chi connectivity index (χ0) is 11.5. The molecular formula is C11H12F2N2O. The summed E-state index contributed by atoms with van der Waals surface area (Å²) < 4.78 is 28.4. The van der Waals surface area contributed by atoms with Gasteiger partial charge in [0.05, 0.1) is 6.54 Å². The second-order valence-electron chi connectivity index (χ2n) is 3.64. The molecular weight excluding hydrogens is 214 g/mol. The predicted molar refractivity (Wildman–Crippen MR) is 57.1 cm³/mol. The number of ether oxygens (including phenoxy) is 1. The summed E-state index contributed by atoms with van der Waals surface area (Å²) in [4.78, 5) is 4.27. The molecule has 1 N–H and O–H groups in total. The zero-order valence-electron chi connectivity index (χ0n) is 8.78. The molecule has 0 saturated carbocycles. The van der Waals surface area contributed by atoms with Gasteiger partial charge in [-0.2, -0.15) is 8.78 Å². The lowest BCUT2D eigenvalue weighted by molar-refractivity contribution is -0.0498. The fraction of sp³-hybridized carbons (Fsp3) is 0.364. The minimum atomic E-state index is -2.80. The van der Waals surface area contributed by atoms with Crippen LogP contribution in [0.15, 0.2) is 29.3 Å². The number of benzene rings is 1. The summed E-state index contributed by atoms with van der Waals surface area (Å²) in [5.41, 5.74) is 0.766. The van der Waals surface area contributed by atoms with Crippen molar-refractivity contribution in [2.75, 3.05) is 6.54 Å². The van der Waals surface area contributed by atoms with E-state index in [-0.39, 0.29) is 11.8 Å². The van der Waals surface area contributed by atoms with E-state index in [1.807, 2.05) is 13.0 Å². The Kier molecular flexibility index (Phi) is 3.03. The normalized spacial score (nSPS) is 19.5. The van der Waals surface area contributed by atoms with Crippen LogP contribution in [0.3, 0.4) is 0 Å². The van der Waals surface area contributed by atoms with E-state index in [2.05, 4.69) is 15.0 Å². The molecule has 1 aromatic rings. The van der Waals surface area contributed by atoms with Crippen LogP contribution in [0.4, 0.5) is 8.78 Å². The van der Waals surface area contributed by atoms with Crippen molar-refractivity contribution >= 4 is 5.84 Å². The highest BCUT2D eigenvalue weighted by Crippen LogP contribution is 2.17. The van der Waals surface area contributed by atoms with E-state index in [4.69, 9.17) is 0 Å². The van der Waals surface area contributed by atoms with Crippen molar-refractivity contribution in [2.45, 2.75) is 19.6 Å². The molecule has 1 heterocycles. The van der Waals surface area contributed by atoms with Gasteiger partial charge >= 0.3 is 6.61 Å². The van der Waals surface area contributed by atoms with Crippen LogP contribution in [0.25, 0.3) is 0 Å². The van der Waals surface area contributed by atoms with Crippen LogP contribution in [0.2, 0.25) is 0 Å². The van der Waals surface area contributed by atoms with Gasteiger partial charge in [0.25, 0.3) is 0 Å². The van der Waals surface area contributed by atoms with E-state index >= 15 is 0 Å². The number of rotatable bonds is 3. The molecule has 86 valence electrons. The van der Waals surface area contributed by atoms with Crippen LogP contribution in [0.5, 0.6) is 5.75 Å². The molecule has 0 saturated heterocycles. The average Bonchev–Trinajstić information content (AvgIpc) is 2.64. The summed E-state index contributed by atoms with van der Waals surface area (Å²) >= 11 is 0. The Morgan fingerprint density at radius 1 is 1.50 bits per heavy atom. The number of alkyl halides is 2. The molecule has 1 atom stereocenters. The highest BCUT2D eigenvalue weighted by Gasteiger charge is 2.15. The van der Waals surface area contributed by atoms with E-state index in [0.717, 1.165) is 11.4 Å². The largest absolute Gasteiger partial charge is 0.435 e. The first-order chi connectivity index (χ1) is 7.65. The summed E-state index contributed by atoms with van der Waals surface area (Å²) in [5.74, 6) is 0.878. The van der Waals surface area contributed by atoms with E-state index in [1.54, 1.807) is 12.1 Å². The van der Waals surface area contributed by atoms with Crippen molar-refractivity contribution in [3.63, 3.8) is 0 Å². The third-order valence-corrected chi connectivity index (χ3v) is 2.24. The SMILES string of the molecule is CC1CN=C(c2cccc(OC(F)F)c2)N1. The Balaban J connectivity index is 2.16. The molecule has 0 spiro atoms. The van der Waals surface area contributed by atoms with Gasteiger partial charge in [0.15, 0.2) is 0 Å². The summed E-state index contributed by atoms with van der Waals surface area (Å²) in [7, 11) is 0. The van der Waals surface area contributed by atoms with Crippen LogP contribution in [-0.2, 0) is 0 Å². The van der Waals surface area contributed by atoms with Gasteiger partial charge in [-0.3, -0.25) is 4.99 Å². The van der Waals surface area contributed by atoms with Gasteiger partial charge in [0.2, 0.25) is 0 Å². The van der Waals surface area contributed by atoms with Crippen molar-refractivity contribution < 1.29 is 13.5 Å². The monoisotopic (exact) mass is 226 g/mol. The molecule has 16 heavy (non-hydrogen) atoms. The Hall–Kier alpha value is -1.65. The highest BCUT2D eigenvalue weighted by molar-refractivity contribution is 6.00. The highest BCUT2D eigenvalue weighted by atomic mass is 19.3. The summed E-state index contributed by atoms with van der Waals surface area (Å²) in [5, 5.41) is 3.16. The first-order valence-electron chi connectivity index (χ1n) is 5.01. The average molecular weight is 226 g/mol. The number of hydrogen-bond donors (Lipinski definition) is 1. The van der Waals surface area contributed by atoms with Crippen LogP contribution < -0.4 is 10.1 Å². The van der Waals surface area contributed by atoms with Crippen molar-refractivity contribution in [1.29, 1.82) is 0 Å². The third kappa shape index (κ3) is 2.48. The molecule has 2 rings (SSSR count). The molecule has 0 aromatic heterocycles. The lowest BCUT2D eigenvalue weighted by atomic mass is 10.2. The second kappa shape index (κ2) is 4.47. The first-order valence-corrected chi connectivity index (χ1v) is 5.01.